The molecule has 2 atom stereocenters. The number of hydrogen-bond acceptors (Lipinski definition) is 7. The van der Waals surface area contributed by atoms with E-state index < -0.39 is 12.1 Å². The minimum atomic E-state index is -0.844. The number of hydrogen-bond donors (Lipinski definition) is 1. The topological polar surface area (TPSA) is 107 Å². The smallest absolute Gasteiger partial charge is 0.252 e. The molecule has 2 amide bonds. The molecule has 1 aliphatic heterocycles. The van der Waals surface area contributed by atoms with Gasteiger partial charge in [-0.2, -0.15) is 4.98 Å². The van der Waals surface area contributed by atoms with E-state index >= 15 is 0 Å². The zero-order valence-corrected chi connectivity index (χ0v) is 16.1. The largest absolute Gasteiger partial charge is 0.377 e. The molecule has 1 saturated heterocycles. The maximum Gasteiger partial charge on any atom is 0.252 e. The normalized spacial score (nSPS) is 19.9. The Morgan fingerprint density at radius 1 is 1.36 bits per heavy atom. The summed E-state index contributed by atoms with van der Waals surface area (Å²) < 4.78 is 15.7. The van der Waals surface area contributed by atoms with Crippen molar-refractivity contribution in [2.75, 3.05) is 13.7 Å². The summed E-state index contributed by atoms with van der Waals surface area (Å²) >= 11 is 0. The lowest BCUT2D eigenvalue weighted by Gasteiger charge is -2.42. The first-order valence-electron chi connectivity index (χ1n) is 9.07. The molecule has 0 unspecified atom stereocenters. The molecule has 1 fully saturated rings. The van der Waals surface area contributed by atoms with Gasteiger partial charge in [-0.25, -0.2) is 0 Å². The lowest BCUT2D eigenvalue weighted by atomic mass is 9.96. The van der Waals surface area contributed by atoms with Gasteiger partial charge in [0.1, 0.15) is 13.2 Å². The summed E-state index contributed by atoms with van der Waals surface area (Å²) in [4.78, 5) is 31.2. The van der Waals surface area contributed by atoms with Crippen LogP contribution in [0.5, 0.6) is 0 Å². The molecule has 0 aliphatic carbocycles. The third-order valence-electron chi connectivity index (χ3n) is 4.41. The molecule has 9 heteroatoms. The van der Waals surface area contributed by atoms with Crippen LogP contribution in [0.4, 0.5) is 0 Å². The average molecular weight is 388 g/mol. The minimum Gasteiger partial charge on any atom is -0.377 e. The zero-order chi connectivity index (χ0) is 20.1. The van der Waals surface area contributed by atoms with Crippen molar-refractivity contribution < 1.29 is 23.6 Å². The summed E-state index contributed by atoms with van der Waals surface area (Å²) in [6.45, 7) is 3.99. The van der Waals surface area contributed by atoms with E-state index in [0.717, 1.165) is 5.56 Å². The number of carbonyl (C=O) groups is 2. The second-order valence-corrected chi connectivity index (χ2v) is 6.74. The molecule has 150 valence electrons. The van der Waals surface area contributed by atoms with Gasteiger partial charge in [-0.3, -0.25) is 9.59 Å². The molecular formula is C19H24N4O5. The van der Waals surface area contributed by atoms with Crippen molar-refractivity contribution >= 4 is 11.8 Å². The quantitative estimate of drug-likeness (QED) is 0.760. The molecule has 3 rings (SSSR count). The van der Waals surface area contributed by atoms with Crippen molar-refractivity contribution in [2.45, 2.75) is 45.2 Å². The third-order valence-corrected chi connectivity index (χ3v) is 4.41. The van der Waals surface area contributed by atoms with Crippen molar-refractivity contribution in [3.63, 3.8) is 0 Å². The molecule has 0 radical (unpaired) electrons. The molecule has 1 aromatic carbocycles. The molecular weight excluding hydrogens is 364 g/mol. The number of ether oxygens (including phenoxy) is 2. The van der Waals surface area contributed by atoms with Crippen LogP contribution < -0.4 is 5.32 Å². The molecule has 1 N–H and O–H groups in total. The molecule has 28 heavy (non-hydrogen) atoms. The van der Waals surface area contributed by atoms with Gasteiger partial charge in [0.15, 0.2) is 11.9 Å². The van der Waals surface area contributed by atoms with Gasteiger partial charge >= 0.3 is 0 Å². The maximum absolute atomic E-state index is 12.9. The molecule has 0 saturated carbocycles. The van der Waals surface area contributed by atoms with Gasteiger partial charge < -0.3 is 24.2 Å². The molecule has 2 heterocycles. The van der Waals surface area contributed by atoms with Crippen LogP contribution in [0.2, 0.25) is 0 Å². The first kappa shape index (κ1) is 20.0. The summed E-state index contributed by atoms with van der Waals surface area (Å²) in [5.74, 6) is 0.177. The number of morpholine rings is 1. The highest BCUT2D eigenvalue weighted by Gasteiger charge is 2.42. The number of amides is 2. The van der Waals surface area contributed by atoms with Gasteiger partial charge in [0.25, 0.3) is 5.91 Å². The summed E-state index contributed by atoms with van der Waals surface area (Å²) in [7, 11) is 1.53. The number of carbonyl (C=O) groups excluding carboxylic acids is 2. The zero-order valence-electron chi connectivity index (χ0n) is 16.1. The minimum absolute atomic E-state index is 0.0620. The Morgan fingerprint density at radius 2 is 2.11 bits per heavy atom. The summed E-state index contributed by atoms with van der Waals surface area (Å²) in [5, 5.41) is 6.52. The number of rotatable bonds is 7. The van der Waals surface area contributed by atoms with E-state index in [-0.39, 0.29) is 43.5 Å². The van der Waals surface area contributed by atoms with Gasteiger partial charge in [-0.15, -0.1) is 0 Å². The second kappa shape index (κ2) is 8.94. The fourth-order valence-corrected chi connectivity index (χ4v) is 3.25. The Bertz CT molecular complexity index is 808. The predicted molar refractivity (Wildman–Crippen MR) is 97.8 cm³/mol. The number of aromatic nitrogens is 2. The van der Waals surface area contributed by atoms with Gasteiger partial charge in [0, 0.05) is 13.2 Å². The van der Waals surface area contributed by atoms with Crippen molar-refractivity contribution in [1.82, 2.24) is 20.4 Å². The van der Waals surface area contributed by atoms with Gasteiger partial charge in [0.2, 0.25) is 11.8 Å². The molecule has 0 spiro atoms. The van der Waals surface area contributed by atoms with Crippen LogP contribution in [0, 0.1) is 0 Å². The van der Waals surface area contributed by atoms with E-state index in [0.29, 0.717) is 5.82 Å². The predicted octanol–water partition coefficient (Wildman–Crippen LogP) is 1.21. The van der Waals surface area contributed by atoms with Crippen LogP contribution in [-0.4, -0.2) is 52.7 Å². The van der Waals surface area contributed by atoms with Crippen LogP contribution in [0.3, 0.4) is 0 Å². The summed E-state index contributed by atoms with van der Waals surface area (Å²) in [6.07, 6.45) is -0.844. The molecule has 9 nitrogen and oxygen atoms in total. The monoisotopic (exact) mass is 388 g/mol. The lowest BCUT2D eigenvalue weighted by molar-refractivity contribution is -0.167. The highest BCUT2D eigenvalue weighted by Crippen LogP contribution is 2.32. The fraction of sp³-hybridized carbons (Fsp3) is 0.474. The summed E-state index contributed by atoms with van der Waals surface area (Å²) in [6, 6.07) is 8.81. The van der Waals surface area contributed by atoms with Crippen molar-refractivity contribution in [2.24, 2.45) is 0 Å². The van der Waals surface area contributed by atoms with Crippen LogP contribution in [0.15, 0.2) is 34.9 Å². The number of methoxy groups -OCH3 is 1. The van der Waals surface area contributed by atoms with Crippen molar-refractivity contribution in [1.29, 1.82) is 0 Å². The van der Waals surface area contributed by atoms with E-state index in [1.807, 2.05) is 44.2 Å². The number of nitrogens with one attached hydrogen (secondary N) is 1. The van der Waals surface area contributed by atoms with Gasteiger partial charge in [-0.05, 0) is 19.4 Å². The molecule has 0 bridgehead atoms. The first-order chi connectivity index (χ1) is 13.5. The molecule has 2 aromatic rings. The number of nitrogens with zero attached hydrogens (tertiary/aromatic N) is 3. The van der Waals surface area contributed by atoms with E-state index in [9.17, 15) is 9.59 Å². The van der Waals surface area contributed by atoms with E-state index in [1.165, 1.54) is 7.11 Å². The molecule has 1 aliphatic rings. The SMILES string of the molecule is COCc1noc(CNC(=O)[C@H]2OCC(=O)N(C(C)C)[C@@H]2c2ccccc2)n1. The molecule has 1 aromatic heterocycles. The van der Waals surface area contributed by atoms with E-state index in [1.54, 1.807) is 4.90 Å². The Morgan fingerprint density at radius 3 is 2.79 bits per heavy atom. The highest BCUT2D eigenvalue weighted by atomic mass is 16.5. The van der Waals surface area contributed by atoms with Crippen LogP contribution in [-0.2, 0) is 32.2 Å². The van der Waals surface area contributed by atoms with Crippen LogP contribution >= 0.6 is 0 Å². The van der Waals surface area contributed by atoms with Crippen molar-refractivity contribution in [3.05, 3.63) is 47.6 Å². The van der Waals surface area contributed by atoms with Crippen LogP contribution in [0.1, 0.15) is 37.2 Å². The van der Waals surface area contributed by atoms with Gasteiger partial charge in [0.05, 0.1) is 12.6 Å². The van der Waals surface area contributed by atoms with Gasteiger partial charge in [-0.1, -0.05) is 35.5 Å². The third kappa shape index (κ3) is 4.37. The first-order valence-corrected chi connectivity index (χ1v) is 9.07. The maximum atomic E-state index is 12.9. The summed E-state index contributed by atoms with van der Waals surface area (Å²) in [5.41, 5.74) is 0.838. The number of benzene rings is 1. The standard InChI is InChI=1S/C19H24N4O5/c1-12(2)23-16(24)11-27-18(17(23)13-7-5-4-6-8-13)19(25)20-9-15-21-14(10-26-3)22-28-15/h4-8,12,17-18H,9-11H2,1-3H3,(H,20,25)/t17-,18+/m1/s1. The second-order valence-electron chi connectivity index (χ2n) is 6.74. The Hall–Kier alpha value is -2.78. The van der Waals surface area contributed by atoms with E-state index in [2.05, 4.69) is 15.5 Å². The van der Waals surface area contributed by atoms with Crippen LogP contribution in [0.25, 0.3) is 0 Å². The Kier molecular flexibility index (Phi) is 6.37. The fourth-order valence-electron chi connectivity index (χ4n) is 3.25. The average Bonchev–Trinajstić information content (AvgIpc) is 3.14. The van der Waals surface area contributed by atoms with E-state index in [4.69, 9.17) is 14.0 Å². The highest BCUT2D eigenvalue weighted by molar-refractivity contribution is 5.86. The lowest BCUT2D eigenvalue weighted by Crippen LogP contribution is -2.56. The Balaban J connectivity index is 1.77. The Labute approximate surface area is 163 Å². The van der Waals surface area contributed by atoms with Crippen molar-refractivity contribution in [3.8, 4) is 0 Å².